The number of hydrogen-bond donors (Lipinski definition) is 2. The molecule has 0 bridgehead atoms. The largest absolute Gasteiger partial charge is 0.465 e. The summed E-state index contributed by atoms with van der Waals surface area (Å²) in [6, 6.07) is 11.7. The van der Waals surface area contributed by atoms with Gasteiger partial charge in [0.15, 0.2) is 0 Å². The van der Waals surface area contributed by atoms with E-state index in [2.05, 4.69) is 14.8 Å². The van der Waals surface area contributed by atoms with Crippen LogP contribution in [-0.4, -0.2) is 34.5 Å². The summed E-state index contributed by atoms with van der Waals surface area (Å²) >= 11 is 0. The molecule has 0 saturated carbocycles. The number of methoxy groups -OCH3 is 1. The Bertz CT molecular complexity index is 843. The van der Waals surface area contributed by atoms with Gasteiger partial charge < -0.3 is 10.1 Å². The molecule has 0 heterocycles. The number of amides is 1. The fraction of sp³-hybridized carbons (Fsp3) is 0.125. The predicted octanol–water partition coefficient (Wildman–Crippen LogP) is 1.63. The van der Waals surface area contributed by atoms with Crippen molar-refractivity contribution in [2.75, 3.05) is 19.5 Å². The van der Waals surface area contributed by atoms with Crippen LogP contribution in [-0.2, 0) is 14.8 Å². The Balaban J connectivity index is 2.11. The number of ether oxygens (including phenoxy) is 1. The highest BCUT2D eigenvalue weighted by atomic mass is 32.2. The predicted molar refractivity (Wildman–Crippen MR) is 88.4 cm³/mol. The molecule has 2 aromatic carbocycles. The van der Waals surface area contributed by atoms with E-state index in [9.17, 15) is 18.0 Å². The number of benzene rings is 2. The van der Waals surface area contributed by atoms with Crippen LogP contribution in [0.25, 0.3) is 0 Å². The zero-order valence-corrected chi connectivity index (χ0v) is 13.9. The molecule has 0 aliphatic rings. The van der Waals surface area contributed by atoms with Gasteiger partial charge in [0.1, 0.15) is 0 Å². The molecule has 0 atom stereocenters. The lowest BCUT2D eigenvalue weighted by atomic mass is 10.1. The molecule has 0 aliphatic heterocycles. The number of carbonyl (C=O) groups is 2. The van der Waals surface area contributed by atoms with Gasteiger partial charge >= 0.3 is 5.97 Å². The summed E-state index contributed by atoms with van der Waals surface area (Å²) < 4.78 is 30.1. The Labute approximate surface area is 139 Å². The summed E-state index contributed by atoms with van der Waals surface area (Å²) in [6.07, 6.45) is 0. The van der Waals surface area contributed by atoms with Gasteiger partial charge in [-0.2, -0.15) is 0 Å². The van der Waals surface area contributed by atoms with Gasteiger partial charge in [0.05, 0.1) is 17.6 Å². The van der Waals surface area contributed by atoms with Crippen molar-refractivity contribution >= 4 is 27.6 Å². The molecule has 1 amide bonds. The highest BCUT2D eigenvalue weighted by molar-refractivity contribution is 7.89. The lowest BCUT2D eigenvalue weighted by molar-refractivity contribution is 0.0600. The van der Waals surface area contributed by atoms with Crippen molar-refractivity contribution in [1.29, 1.82) is 0 Å². The van der Waals surface area contributed by atoms with Gasteiger partial charge in [-0.25, -0.2) is 17.9 Å². The molecule has 2 aromatic rings. The van der Waals surface area contributed by atoms with Crippen LogP contribution in [0.1, 0.15) is 20.7 Å². The Morgan fingerprint density at radius 3 is 1.96 bits per heavy atom. The van der Waals surface area contributed by atoms with Crippen molar-refractivity contribution in [3.8, 4) is 0 Å². The third-order valence-electron chi connectivity index (χ3n) is 3.26. The van der Waals surface area contributed by atoms with Gasteiger partial charge in [0.25, 0.3) is 5.91 Å². The molecule has 0 spiro atoms. The standard InChI is InChI=1S/C16H16N2O5S/c1-17-24(21,22)14-9-7-13(8-10-14)18-15(19)11-3-5-12(6-4-11)16(20)23-2/h3-10,17H,1-2H3,(H,18,19). The maximum atomic E-state index is 12.1. The molecule has 8 heteroatoms. The number of carbonyl (C=O) groups excluding carboxylic acids is 2. The zero-order chi connectivity index (χ0) is 17.7. The van der Waals surface area contributed by atoms with Crippen molar-refractivity contribution in [2.45, 2.75) is 4.90 Å². The molecule has 2 rings (SSSR count). The average Bonchev–Trinajstić information content (AvgIpc) is 2.61. The summed E-state index contributed by atoms with van der Waals surface area (Å²) in [5.41, 5.74) is 1.15. The number of hydrogen-bond acceptors (Lipinski definition) is 5. The van der Waals surface area contributed by atoms with Crippen LogP contribution in [0.15, 0.2) is 53.4 Å². The molecular weight excluding hydrogens is 332 g/mol. The number of nitrogens with one attached hydrogen (secondary N) is 2. The summed E-state index contributed by atoms with van der Waals surface area (Å²) in [7, 11) is -0.916. The van der Waals surface area contributed by atoms with Crippen LogP contribution >= 0.6 is 0 Å². The molecule has 0 aliphatic carbocycles. The van der Waals surface area contributed by atoms with E-state index in [1.165, 1.54) is 62.7 Å². The van der Waals surface area contributed by atoms with Gasteiger partial charge in [0, 0.05) is 11.3 Å². The van der Waals surface area contributed by atoms with Gasteiger partial charge in [-0.3, -0.25) is 4.79 Å². The van der Waals surface area contributed by atoms with Crippen molar-refractivity contribution in [1.82, 2.24) is 4.72 Å². The summed E-state index contributed by atoms with van der Waals surface area (Å²) in [5, 5.41) is 2.65. The number of rotatable bonds is 5. The summed E-state index contributed by atoms with van der Waals surface area (Å²) in [4.78, 5) is 23.6. The quantitative estimate of drug-likeness (QED) is 0.800. The molecule has 126 valence electrons. The number of sulfonamides is 1. The average molecular weight is 348 g/mol. The fourth-order valence-electron chi connectivity index (χ4n) is 1.91. The number of anilines is 1. The van der Waals surface area contributed by atoms with Crippen molar-refractivity contribution < 1.29 is 22.7 Å². The van der Waals surface area contributed by atoms with Crippen LogP contribution in [0.4, 0.5) is 5.69 Å². The monoisotopic (exact) mass is 348 g/mol. The minimum absolute atomic E-state index is 0.102. The van der Waals surface area contributed by atoms with Crippen LogP contribution in [0.2, 0.25) is 0 Å². The van der Waals surface area contributed by atoms with Crippen LogP contribution in [0.3, 0.4) is 0 Å². The zero-order valence-electron chi connectivity index (χ0n) is 13.1. The normalized spacial score (nSPS) is 10.9. The van der Waals surface area contributed by atoms with Gasteiger partial charge in [0.2, 0.25) is 10.0 Å². The van der Waals surface area contributed by atoms with E-state index >= 15 is 0 Å². The number of esters is 1. The second-order valence-corrected chi connectivity index (χ2v) is 6.64. The molecule has 0 fully saturated rings. The molecule has 2 N–H and O–H groups in total. The van der Waals surface area contributed by atoms with Crippen LogP contribution in [0, 0.1) is 0 Å². The molecule has 0 radical (unpaired) electrons. The third-order valence-corrected chi connectivity index (χ3v) is 4.69. The maximum Gasteiger partial charge on any atom is 0.337 e. The van der Waals surface area contributed by atoms with Crippen molar-refractivity contribution in [2.24, 2.45) is 0 Å². The van der Waals surface area contributed by atoms with Crippen LogP contribution in [0.5, 0.6) is 0 Å². The second kappa shape index (κ2) is 7.24. The van der Waals surface area contributed by atoms with Crippen LogP contribution < -0.4 is 10.0 Å². The maximum absolute atomic E-state index is 12.1. The molecule has 0 aromatic heterocycles. The van der Waals surface area contributed by atoms with Gasteiger partial charge in [-0.15, -0.1) is 0 Å². The lowest BCUT2D eigenvalue weighted by Crippen LogP contribution is -2.18. The van der Waals surface area contributed by atoms with E-state index < -0.39 is 16.0 Å². The first-order valence-electron chi connectivity index (χ1n) is 6.90. The van der Waals surface area contributed by atoms with Crippen molar-refractivity contribution in [3.63, 3.8) is 0 Å². The van der Waals surface area contributed by atoms with E-state index in [0.717, 1.165) is 0 Å². The Hall–Kier alpha value is -2.71. The minimum atomic E-state index is -3.52. The first-order valence-corrected chi connectivity index (χ1v) is 8.39. The molecular formula is C16H16N2O5S. The highest BCUT2D eigenvalue weighted by Gasteiger charge is 2.12. The topological polar surface area (TPSA) is 102 Å². The van der Waals surface area contributed by atoms with Gasteiger partial charge in [-0.05, 0) is 55.6 Å². The van der Waals surface area contributed by atoms with Crippen molar-refractivity contribution in [3.05, 3.63) is 59.7 Å². The van der Waals surface area contributed by atoms with Gasteiger partial charge in [-0.1, -0.05) is 0 Å². The molecule has 0 saturated heterocycles. The SMILES string of the molecule is CNS(=O)(=O)c1ccc(NC(=O)c2ccc(C(=O)OC)cc2)cc1. The third kappa shape index (κ3) is 3.98. The second-order valence-electron chi connectivity index (χ2n) is 4.75. The smallest absolute Gasteiger partial charge is 0.337 e. The fourth-order valence-corrected chi connectivity index (χ4v) is 2.64. The Morgan fingerprint density at radius 1 is 0.917 bits per heavy atom. The highest BCUT2D eigenvalue weighted by Crippen LogP contribution is 2.15. The van der Waals surface area contributed by atoms with E-state index in [1.54, 1.807) is 0 Å². The minimum Gasteiger partial charge on any atom is -0.465 e. The summed E-state index contributed by atoms with van der Waals surface area (Å²) in [6.45, 7) is 0. The first kappa shape index (κ1) is 17.6. The molecule has 7 nitrogen and oxygen atoms in total. The Morgan fingerprint density at radius 2 is 1.46 bits per heavy atom. The molecule has 0 unspecified atom stereocenters. The first-order chi connectivity index (χ1) is 11.4. The van der Waals surface area contributed by atoms with E-state index in [-0.39, 0.29) is 10.8 Å². The van der Waals surface area contributed by atoms with E-state index in [1.807, 2.05) is 0 Å². The van der Waals surface area contributed by atoms with E-state index in [4.69, 9.17) is 0 Å². The summed E-state index contributed by atoms with van der Waals surface area (Å²) in [5.74, 6) is -0.862. The Kier molecular flexibility index (Phi) is 5.32. The molecule has 24 heavy (non-hydrogen) atoms. The van der Waals surface area contributed by atoms with E-state index in [0.29, 0.717) is 16.8 Å². The lowest BCUT2D eigenvalue weighted by Gasteiger charge is -2.07.